The van der Waals surface area contributed by atoms with Gasteiger partial charge in [-0.15, -0.1) is 0 Å². The van der Waals surface area contributed by atoms with Crippen molar-refractivity contribution in [2.24, 2.45) is 22.8 Å². The van der Waals surface area contributed by atoms with Gasteiger partial charge in [-0.05, 0) is 25.2 Å². The summed E-state index contributed by atoms with van der Waals surface area (Å²) in [5, 5.41) is 0. The average Bonchev–Trinajstić information content (AvgIpc) is 2.27. The van der Waals surface area contributed by atoms with E-state index in [1.807, 2.05) is 13.8 Å². The van der Waals surface area contributed by atoms with Gasteiger partial charge < -0.3 is 11.5 Å². The van der Waals surface area contributed by atoms with Crippen LogP contribution in [0.2, 0.25) is 0 Å². The first kappa shape index (κ1) is 14.2. The molecule has 0 unspecified atom stereocenters. The van der Waals surface area contributed by atoms with Crippen molar-refractivity contribution in [3.05, 3.63) is 0 Å². The summed E-state index contributed by atoms with van der Waals surface area (Å²) in [5.74, 6) is -0.276. The summed E-state index contributed by atoms with van der Waals surface area (Å²) >= 11 is 0. The largest absolute Gasteiger partial charge is 0.369 e. The molecular weight excluding hydrogens is 216 g/mol. The molecule has 0 aromatic rings. The summed E-state index contributed by atoms with van der Waals surface area (Å²) in [4.78, 5) is 24.0. The number of nitrogens with two attached hydrogens (primary N) is 2. The van der Waals surface area contributed by atoms with Crippen LogP contribution < -0.4 is 11.5 Å². The van der Waals surface area contributed by atoms with Crippen LogP contribution in [0, 0.1) is 11.3 Å². The minimum absolute atomic E-state index is 0.140. The summed E-state index contributed by atoms with van der Waals surface area (Å²) < 4.78 is 0. The molecule has 17 heavy (non-hydrogen) atoms. The van der Waals surface area contributed by atoms with Gasteiger partial charge in [-0.3, -0.25) is 9.59 Å². The molecule has 1 saturated carbocycles. The van der Waals surface area contributed by atoms with E-state index in [4.69, 9.17) is 11.5 Å². The van der Waals surface area contributed by atoms with Crippen molar-refractivity contribution in [3.63, 3.8) is 0 Å². The molecule has 0 aliphatic heterocycles. The first-order chi connectivity index (χ1) is 7.90. The predicted molar refractivity (Wildman–Crippen MR) is 67.1 cm³/mol. The standard InChI is InChI=1S/C13H24N2O2/c1-9(2)8-10(14)11(16)13(12(15)17)6-4-3-5-7-13/h9-10H,3-8,14H2,1-2H3,(H2,15,17)/t10-/m0/s1. The zero-order valence-electron chi connectivity index (χ0n) is 10.9. The highest BCUT2D eigenvalue weighted by Gasteiger charge is 2.46. The first-order valence-corrected chi connectivity index (χ1v) is 6.50. The number of carbonyl (C=O) groups excluding carboxylic acids is 2. The van der Waals surface area contributed by atoms with E-state index >= 15 is 0 Å². The Labute approximate surface area is 103 Å². The van der Waals surface area contributed by atoms with Gasteiger partial charge in [-0.25, -0.2) is 0 Å². The molecule has 4 nitrogen and oxygen atoms in total. The Balaban J connectivity index is 2.83. The van der Waals surface area contributed by atoms with Crippen LogP contribution in [0.15, 0.2) is 0 Å². The van der Waals surface area contributed by atoms with E-state index < -0.39 is 17.4 Å². The molecular formula is C13H24N2O2. The molecule has 0 aromatic heterocycles. The minimum atomic E-state index is -0.980. The fraction of sp³-hybridized carbons (Fsp3) is 0.846. The molecule has 0 heterocycles. The van der Waals surface area contributed by atoms with Gasteiger partial charge in [0.05, 0.1) is 6.04 Å². The molecule has 0 aromatic carbocycles. The van der Waals surface area contributed by atoms with Crippen molar-refractivity contribution in [1.29, 1.82) is 0 Å². The third-order valence-corrected chi connectivity index (χ3v) is 3.71. The number of hydrogen-bond acceptors (Lipinski definition) is 3. The fourth-order valence-corrected chi connectivity index (χ4v) is 2.74. The van der Waals surface area contributed by atoms with Crippen LogP contribution in [0.4, 0.5) is 0 Å². The number of carbonyl (C=O) groups is 2. The quantitative estimate of drug-likeness (QED) is 0.711. The Morgan fingerprint density at radius 3 is 2.12 bits per heavy atom. The minimum Gasteiger partial charge on any atom is -0.369 e. The lowest BCUT2D eigenvalue weighted by Crippen LogP contribution is -2.52. The molecule has 0 radical (unpaired) electrons. The molecule has 1 aliphatic rings. The van der Waals surface area contributed by atoms with Gasteiger partial charge >= 0.3 is 0 Å². The molecule has 1 fully saturated rings. The van der Waals surface area contributed by atoms with E-state index in [1.54, 1.807) is 0 Å². The highest BCUT2D eigenvalue weighted by molar-refractivity contribution is 6.07. The average molecular weight is 240 g/mol. The summed E-state index contributed by atoms with van der Waals surface area (Å²) in [6.45, 7) is 4.04. The smallest absolute Gasteiger partial charge is 0.231 e. The lowest BCUT2D eigenvalue weighted by atomic mass is 9.68. The third kappa shape index (κ3) is 3.06. The molecule has 1 rings (SSSR count). The zero-order valence-corrected chi connectivity index (χ0v) is 10.9. The summed E-state index contributed by atoms with van der Waals surface area (Å²) in [5.41, 5.74) is 10.4. The van der Waals surface area contributed by atoms with Crippen molar-refractivity contribution < 1.29 is 9.59 Å². The van der Waals surface area contributed by atoms with Crippen LogP contribution >= 0.6 is 0 Å². The van der Waals surface area contributed by atoms with Crippen LogP contribution in [0.5, 0.6) is 0 Å². The van der Waals surface area contributed by atoms with Crippen LogP contribution in [-0.2, 0) is 9.59 Å². The third-order valence-electron chi connectivity index (χ3n) is 3.71. The second-order valence-electron chi connectivity index (χ2n) is 5.61. The van der Waals surface area contributed by atoms with E-state index in [9.17, 15) is 9.59 Å². The van der Waals surface area contributed by atoms with Crippen molar-refractivity contribution in [1.82, 2.24) is 0 Å². The van der Waals surface area contributed by atoms with Gasteiger partial charge in [0, 0.05) is 0 Å². The Morgan fingerprint density at radius 2 is 1.71 bits per heavy atom. The Bertz CT molecular complexity index is 294. The lowest BCUT2D eigenvalue weighted by molar-refractivity contribution is -0.143. The molecule has 0 spiro atoms. The monoisotopic (exact) mass is 240 g/mol. The number of amides is 1. The Hall–Kier alpha value is -0.900. The van der Waals surface area contributed by atoms with Gasteiger partial charge in [-0.1, -0.05) is 33.1 Å². The molecule has 1 aliphatic carbocycles. The molecule has 0 bridgehead atoms. The van der Waals surface area contributed by atoms with Crippen LogP contribution in [0.3, 0.4) is 0 Å². The molecule has 98 valence electrons. The first-order valence-electron chi connectivity index (χ1n) is 6.50. The van der Waals surface area contributed by atoms with E-state index in [1.165, 1.54) is 0 Å². The Morgan fingerprint density at radius 1 is 1.18 bits per heavy atom. The molecule has 1 amide bonds. The zero-order chi connectivity index (χ0) is 13.1. The number of primary amides is 1. The van der Waals surface area contributed by atoms with Crippen LogP contribution in [0.25, 0.3) is 0 Å². The SMILES string of the molecule is CC(C)C[C@H](N)C(=O)C1(C(N)=O)CCCCC1. The topological polar surface area (TPSA) is 86.2 Å². The number of hydrogen-bond donors (Lipinski definition) is 2. The Kier molecular flexibility index (Phi) is 4.69. The van der Waals surface area contributed by atoms with Gasteiger partial charge in [0.2, 0.25) is 5.91 Å². The van der Waals surface area contributed by atoms with E-state index in [0.29, 0.717) is 25.2 Å². The van der Waals surface area contributed by atoms with Crippen molar-refractivity contribution in [3.8, 4) is 0 Å². The summed E-state index contributed by atoms with van der Waals surface area (Å²) in [6, 6.07) is -0.555. The van der Waals surface area contributed by atoms with Crippen molar-refractivity contribution in [2.75, 3.05) is 0 Å². The maximum atomic E-state index is 12.4. The van der Waals surface area contributed by atoms with E-state index in [2.05, 4.69) is 0 Å². The van der Waals surface area contributed by atoms with Gasteiger partial charge in [-0.2, -0.15) is 0 Å². The molecule has 4 N–H and O–H groups in total. The predicted octanol–water partition coefficient (Wildman–Crippen LogP) is 1.36. The lowest BCUT2D eigenvalue weighted by Gasteiger charge is -2.34. The van der Waals surface area contributed by atoms with Crippen LogP contribution in [0.1, 0.15) is 52.4 Å². The van der Waals surface area contributed by atoms with E-state index in [0.717, 1.165) is 19.3 Å². The maximum absolute atomic E-state index is 12.4. The summed E-state index contributed by atoms with van der Waals surface area (Å²) in [6.07, 6.45) is 4.63. The van der Waals surface area contributed by atoms with Crippen molar-refractivity contribution in [2.45, 2.75) is 58.4 Å². The van der Waals surface area contributed by atoms with Crippen molar-refractivity contribution >= 4 is 11.7 Å². The van der Waals surface area contributed by atoms with Gasteiger partial charge in [0.15, 0.2) is 5.78 Å². The van der Waals surface area contributed by atoms with E-state index in [-0.39, 0.29) is 5.78 Å². The van der Waals surface area contributed by atoms with Gasteiger partial charge in [0.25, 0.3) is 0 Å². The summed E-state index contributed by atoms with van der Waals surface area (Å²) in [7, 11) is 0. The highest BCUT2D eigenvalue weighted by atomic mass is 16.2. The number of ketones is 1. The second kappa shape index (κ2) is 5.63. The molecule has 4 heteroatoms. The molecule has 1 atom stereocenters. The maximum Gasteiger partial charge on any atom is 0.231 e. The fourth-order valence-electron chi connectivity index (χ4n) is 2.74. The van der Waals surface area contributed by atoms with Crippen LogP contribution in [-0.4, -0.2) is 17.7 Å². The molecule has 0 saturated heterocycles. The second-order valence-corrected chi connectivity index (χ2v) is 5.61. The number of rotatable bonds is 5. The van der Waals surface area contributed by atoms with Gasteiger partial charge in [0.1, 0.15) is 5.41 Å². The normalized spacial score (nSPS) is 21.2. The highest BCUT2D eigenvalue weighted by Crippen LogP contribution is 2.38. The number of Topliss-reactive ketones (excluding diaryl/α,β-unsaturated/α-hetero) is 1.